The third-order valence-electron chi connectivity index (χ3n) is 2.40. The lowest BCUT2D eigenvalue weighted by molar-refractivity contribution is -0.119. The van der Waals surface area contributed by atoms with Crippen molar-refractivity contribution in [3.8, 4) is 0 Å². The van der Waals surface area contributed by atoms with Crippen molar-refractivity contribution in [2.45, 2.75) is 4.90 Å². The summed E-state index contributed by atoms with van der Waals surface area (Å²) in [6, 6.07) is 4.13. The standard InChI is InChI=1S/C10H16N4O3S/c1-13-10(15)6-14(2)9-4-3-7(5-8(9)11)18(12,16)17/h3-5H,6,11H2,1-2H3,(H,13,15)(H2,12,16,17). The molecule has 0 unspecified atom stereocenters. The fourth-order valence-corrected chi connectivity index (χ4v) is 1.99. The van der Waals surface area contributed by atoms with Crippen molar-refractivity contribution >= 4 is 27.3 Å². The molecule has 8 heteroatoms. The third-order valence-corrected chi connectivity index (χ3v) is 3.31. The molecule has 0 aliphatic carbocycles. The maximum absolute atomic E-state index is 11.2. The molecule has 1 aromatic rings. The van der Waals surface area contributed by atoms with Gasteiger partial charge in [-0.15, -0.1) is 0 Å². The average Bonchev–Trinajstić information content (AvgIpc) is 2.27. The number of hydrogen-bond donors (Lipinski definition) is 3. The van der Waals surface area contributed by atoms with E-state index in [2.05, 4.69) is 5.32 Å². The third kappa shape index (κ3) is 3.34. The molecule has 0 spiro atoms. The summed E-state index contributed by atoms with van der Waals surface area (Å²) in [5.41, 5.74) is 6.55. The van der Waals surface area contributed by atoms with E-state index in [1.54, 1.807) is 11.9 Å². The molecule has 0 saturated carbocycles. The number of amides is 1. The molecule has 7 nitrogen and oxygen atoms in total. The molecule has 1 aromatic carbocycles. The number of nitrogens with zero attached hydrogens (tertiary/aromatic N) is 1. The van der Waals surface area contributed by atoms with Crippen molar-refractivity contribution in [3.05, 3.63) is 18.2 Å². The van der Waals surface area contributed by atoms with E-state index in [4.69, 9.17) is 10.9 Å². The number of nitrogen functional groups attached to an aromatic ring is 1. The monoisotopic (exact) mass is 272 g/mol. The largest absolute Gasteiger partial charge is 0.397 e. The summed E-state index contributed by atoms with van der Waals surface area (Å²) in [5, 5.41) is 7.48. The number of carbonyl (C=O) groups excluding carboxylic acids is 1. The smallest absolute Gasteiger partial charge is 0.239 e. The molecule has 5 N–H and O–H groups in total. The number of sulfonamides is 1. The van der Waals surface area contributed by atoms with E-state index in [1.165, 1.54) is 25.2 Å². The van der Waals surface area contributed by atoms with E-state index < -0.39 is 10.0 Å². The van der Waals surface area contributed by atoms with Gasteiger partial charge in [0.15, 0.2) is 0 Å². The van der Waals surface area contributed by atoms with Gasteiger partial charge in [-0.2, -0.15) is 0 Å². The van der Waals surface area contributed by atoms with Crippen LogP contribution >= 0.6 is 0 Å². The topological polar surface area (TPSA) is 119 Å². The molecule has 0 saturated heterocycles. The second-order valence-electron chi connectivity index (χ2n) is 3.79. The normalized spacial score (nSPS) is 11.1. The van der Waals surface area contributed by atoms with E-state index in [0.717, 1.165) is 0 Å². The Labute approximate surface area is 106 Å². The van der Waals surface area contributed by atoms with Crippen LogP contribution in [-0.4, -0.2) is 35.0 Å². The molecular weight excluding hydrogens is 256 g/mol. The Morgan fingerprint density at radius 1 is 1.44 bits per heavy atom. The maximum atomic E-state index is 11.2. The number of primary sulfonamides is 1. The fourth-order valence-electron chi connectivity index (χ4n) is 1.44. The van der Waals surface area contributed by atoms with Crippen LogP contribution in [0.2, 0.25) is 0 Å². The van der Waals surface area contributed by atoms with Crippen molar-refractivity contribution < 1.29 is 13.2 Å². The van der Waals surface area contributed by atoms with Crippen LogP contribution in [0.3, 0.4) is 0 Å². The molecule has 100 valence electrons. The van der Waals surface area contributed by atoms with Gasteiger partial charge in [-0.1, -0.05) is 0 Å². The summed E-state index contributed by atoms with van der Waals surface area (Å²) in [4.78, 5) is 12.8. The second kappa shape index (κ2) is 5.23. The second-order valence-corrected chi connectivity index (χ2v) is 5.36. The first kappa shape index (κ1) is 14.3. The Hall–Kier alpha value is -1.80. The summed E-state index contributed by atoms with van der Waals surface area (Å²) >= 11 is 0. The zero-order chi connectivity index (χ0) is 13.9. The van der Waals surface area contributed by atoms with Gasteiger partial charge in [0.2, 0.25) is 15.9 Å². The number of anilines is 2. The van der Waals surface area contributed by atoms with Crippen molar-refractivity contribution in [1.82, 2.24) is 5.32 Å². The van der Waals surface area contributed by atoms with Gasteiger partial charge < -0.3 is 16.0 Å². The van der Waals surface area contributed by atoms with Gasteiger partial charge in [0.1, 0.15) is 0 Å². The van der Waals surface area contributed by atoms with Crippen LogP contribution in [0.15, 0.2) is 23.1 Å². The van der Waals surface area contributed by atoms with Gasteiger partial charge in [0.25, 0.3) is 0 Å². The van der Waals surface area contributed by atoms with Crippen LogP contribution < -0.4 is 21.1 Å². The Bertz CT molecular complexity index is 556. The molecule has 0 aliphatic rings. The number of rotatable bonds is 4. The first-order valence-corrected chi connectivity index (χ1v) is 6.64. The van der Waals surface area contributed by atoms with Crippen LogP contribution in [0.25, 0.3) is 0 Å². The van der Waals surface area contributed by atoms with Crippen molar-refractivity contribution in [1.29, 1.82) is 0 Å². The molecule has 1 amide bonds. The molecule has 0 aromatic heterocycles. The first-order valence-electron chi connectivity index (χ1n) is 5.09. The minimum absolute atomic E-state index is 0.0582. The Morgan fingerprint density at radius 2 is 2.06 bits per heavy atom. The van der Waals surface area contributed by atoms with Crippen LogP contribution in [0.1, 0.15) is 0 Å². The highest BCUT2D eigenvalue weighted by Crippen LogP contribution is 2.24. The molecule has 0 aliphatic heterocycles. The van der Waals surface area contributed by atoms with Gasteiger partial charge in [-0.05, 0) is 18.2 Å². The molecule has 0 fully saturated rings. The predicted octanol–water partition coefficient (Wildman–Crippen LogP) is -0.902. The predicted molar refractivity (Wildman–Crippen MR) is 69.6 cm³/mol. The molecule has 0 bridgehead atoms. The first-order chi connectivity index (χ1) is 8.25. The quantitative estimate of drug-likeness (QED) is 0.614. The average molecular weight is 272 g/mol. The fraction of sp³-hybridized carbons (Fsp3) is 0.300. The summed E-state index contributed by atoms with van der Waals surface area (Å²) in [5.74, 6) is -0.174. The molecule has 1 rings (SSSR count). The molecule has 18 heavy (non-hydrogen) atoms. The van der Waals surface area contributed by atoms with Gasteiger partial charge in [-0.3, -0.25) is 4.79 Å². The van der Waals surface area contributed by atoms with E-state index in [1.807, 2.05) is 0 Å². The van der Waals surface area contributed by atoms with Crippen LogP contribution in [-0.2, 0) is 14.8 Å². The highest BCUT2D eigenvalue weighted by atomic mass is 32.2. The lowest BCUT2D eigenvalue weighted by atomic mass is 10.2. The lowest BCUT2D eigenvalue weighted by Gasteiger charge is -2.20. The van der Waals surface area contributed by atoms with Crippen LogP contribution in [0, 0.1) is 0 Å². The van der Waals surface area contributed by atoms with E-state index in [-0.39, 0.29) is 23.0 Å². The van der Waals surface area contributed by atoms with Crippen LogP contribution in [0.5, 0.6) is 0 Å². The minimum atomic E-state index is -3.77. The molecule has 0 heterocycles. The molecular formula is C10H16N4O3S. The summed E-state index contributed by atoms with van der Waals surface area (Å²) in [6.07, 6.45) is 0. The van der Waals surface area contributed by atoms with E-state index in [9.17, 15) is 13.2 Å². The minimum Gasteiger partial charge on any atom is -0.397 e. The summed E-state index contributed by atoms with van der Waals surface area (Å²) < 4.78 is 22.3. The van der Waals surface area contributed by atoms with Crippen molar-refractivity contribution in [3.63, 3.8) is 0 Å². The van der Waals surface area contributed by atoms with Gasteiger partial charge >= 0.3 is 0 Å². The lowest BCUT2D eigenvalue weighted by Crippen LogP contribution is -2.33. The number of nitrogens with two attached hydrogens (primary N) is 2. The summed E-state index contributed by atoms with van der Waals surface area (Å²) in [6.45, 7) is 0.120. The zero-order valence-corrected chi connectivity index (χ0v) is 11.0. The number of nitrogens with one attached hydrogen (secondary N) is 1. The Kier molecular flexibility index (Phi) is 4.15. The maximum Gasteiger partial charge on any atom is 0.239 e. The highest BCUT2D eigenvalue weighted by Gasteiger charge is 2.13. The number of hydrogen-bond acceptors (Lipinski definition) is 5. The summed E-state index contributed by atoms with van der Waals surface area (Å²) in [7, 11) is -0.564. The van der Waals surface area contributed by atoms with E-state index in [0.29, 0.717) is 5.69 Å². The number of carbonyl (C=O) groups is 1. The Morgan fingerprint density at radius 3 is 2.50 bits per heavy atom. The molecule has 0 radical (unpaired) electrons. The van der Waals surface area contributed by atoms with Gasteiger partial charge in [0.05, 0.1) is 22.8 Å². The SMILES string of the molecule is CNC(=O)CN(C)c1ccc(S(N)(=O)=O)cc1N. The van der Waals surface area contributed by atoms with Crippen molar-refractivity contribution in [2.24, 2.45) is 5.14 Å². The van der Waals surface area contributed by atoms with E-state index >= 15 is 0 Å². The Balaban J connectivity index is 3.03. The van der Waals surface area contributed by atoms with Crippen LogP contribution in [0.4, 0.5) is 11.4 Å². The number of benzene rings is 1. The van der Waals surface area contributed by atoms with Gasteiger partial charge in [0, 0.05) is 14.1 Å². The zero-order valence-electron chi connectivity index (χ0n) is 10.2. The number of likely N-dealkylation sites (N-methyl/N-ethyl adjacent to an activating group) is 2. The molecule has 0 atom stereocenters. The van der Waals surface area contributed by atoms with Crippen molar-refractivity contribution in [2.75, 3.05) is 31.3 Å². The van der Waals surface area contributed by atoms with Gasteiger partial charge in [-0.25, -0.2) is 13.6 Å². The highest BCUT2D eigenvalue weighted by molar-refractivity contribution is 7.89.